The van der Waals surface area contributed by atoms with Crippen molar-refractivity contribution in [2.45, 2.75) is 6.92 Å². The van der Waals surface area contributed by atoms with Crippen molar-refractivity contribution >= 4 is 17.0 Å². The highest BCUT2D eigenvalue weighted by atomic mass is 16.1. The quantitative estimate of drug-likeness (QED) is 0.669. The summed E-state index contributed by atoms with van der Waals surface area (Å²) in [4.78, 5) is 11.8. The van der Waals surface area contributed by atoms with Crippen LogP contribution in [0.2, 0.25) is 0 Å². The average molecular weight is 185 g/mol. The van der Waals surface area contributed by atoms with Gasteiger partial charge in [0.15, 0.2) is 0 Å². The molecule has 0 saturated carbocycles. The van der Waals surface area contributed by atoms with Crippen LogP contribution in [0.1, 0.15) is 6.92 Å². The highest BCUT2D eigenvalue weighted by molar-refractivity contribution is 5.81. The molecule has 0 bridgehead atoms. The van der Waals surface area contributed by atoms with Gasteiger partial charge < -0.3 is 0 Å². The van der Waals surface area contributed by atoms with Gasteiger partial charge in [0.1, 0.15) is 0 Å². The number of benzene rings is 1. The van der Waals surface area contributed by atoms with Gasteiger partial charge in [0.2, 0.25) is 0 Å². The van der Waals surface area contributed by atoms with Gasteiger partial charge >= 0.3 is 0 Å². The van der Waals surface area contributed by atoms with Crippen LogP contribution in [0.25, 0.3) is 17.0 Å². The van der Waals surface area contributed by atoms with Crippen LogP contribution in [-0.2, 0) is 0 Å². The molecule has 0 aliphatic carbocycles. The minimum Gasteiger partial charge on any atom is -0.291 e. The highest BCUT2D eigenvalue weighted by Crippen LogP contribution is 2.07. The Hall–Kier alpha value is -1.83. The lowest BCUT2D eigenvalue weighted by molar-refractivity contribution is 1.08. The first-order valence-corrected chi connectivity index (χ1v) is 4.55. The fourth-order valence-corrected chi connectivity index (χ4v) is 1.48. The molecular weight excluding hydrogens is 174 g/mol. The Balaban J connectivity index is 2.82. The molecule has 2 nitrogen and oxygen atoms in total. The maximum Gasteiger partial charge on any atom is 0.262 e. The summed E-state index contributed by atoms with van der Waals surface area (Å²) >= 11 is 0. The van der Waals surface area contributed by atoms with E-state index < -0.39 is 0 Å². The van der Waals surface area contributed by atoms with Gasteiger partial charge in [-0.3, -0.25) is 9.36 Å². The summed E-state index contributed by atoms with van der Waals surface area (Å²) in [6.45, 7) is 1.89. The van der Waals surface area contributed by atoms with Gasteiger partial charge in [0.25, 0.3) is 5.56 Å². The summed E-state index contributed by atoms with van der Waals surface area (Å²) in [6, 6.07) is 9.54. The second kappa shape index (κ2) is 3.50. The maximum absolute atomic E-state index is 11.8. The van der Waals surface area contributed by atoms with Crippen molar-refractivity contribution in [3.05, 3.63) is 53.0 Å². The second-order valence-electron chi connectivity index (χ2n) is 3.10. The van der Waals surface area contributed by atoms with Crippen LogP contribution in [0.5, 0.6) is 0 Å². The number of allylic oxidation sites excluding steroid dienone is 1. The number of aromatic nitrogens is 1. The van der Waals surface area contributed by atoms with Crippen LogP contribution in [0.4, 0.5) is 0 Å². The molecule has 2 rings (SSSR count). The van der Waals surface area contributed by atoms with E-state index in [0.717, 1.165) is 10.8 Å². The van der Waals surface area contributed by atoms with E-state index in [2.05, 4.69) is 0 Å². The van der Waals surface area contributed by atoms with E-state index >= 15 is 0 Å². The molecule has 1 aromatic heterocycles. The number of fused-ring (bicyclic) bond motifs is 1. The highest BCUT2D eigenvalue weighted by Gasteiger charge is 1.98. The molecule has 1 heterocycles. The van der Waals surface area contributed by atoms with Gasteiger partial charge in [-0.05, 0) is 24.4 Å². The Morgan fingerprint density at radius 2 is 2.00 bits per heavy atom. The van der Waals surface area contributed by atoms with Crippen molar-refractivity contribution in [3.8, 4) is 0 Å². The lowest BCUT2D eigenvalue weighted by Crippen LogP contribution is -2.14. The third-order valence-corrected chi connectivity index (χ3v) is 2.15. The van der Waals surface area contributed by atoms with Crippen LogP contribution < -0.4 is 5.56 Å². The van der Waals surface area contributed by atoms with Crippen LogP contribution in [-0.4, -0.2) is 4.57 Å². The van der Waals surface area contributed by atoms with Crippen molar-refractivity contribution in [2.75, 3.05) is 0 Å². The fourth-order valence-electron chi connectivity index (χ4n) is 1.48. The lowest BCUT2D eigenvalue weighted by atomic mass is 10.2. The van der Waals surface area contributed by atoms with E-state index in [1.807, 2.05) is 43.3 Å². The smallest absolute Gasteiger partial charge is 0.262 e. The number of hydrogen-bond acceptors (Lipinski definition) is 1. The topological polar surface area (TPSA) is 22.0 Å². The van der Waals surface area contributed by atoms with E-state index in [0.29, 0.717) is 0 Å². The van der Waals surface area contributed by atoms with E-state index in [4.69, 9.17) is 0 Å². The SMILES string of the molecule is C/C=C\n1ccc2ccccc2c1=O. The zero-order valence-electron chi connectivity index (χ0n) is 7.97. The Morgan fingerprint density at radius 1 is 1.21 bits per heavy atom. The average Bonchev–Trinajstić information content (AvgIpc) is 2.23. The monoisotopic (exact) mass is 185 g/mol. The van der Waals surface area contributed by atoms with E-state index in [-0.39, 0.29) is 5.56 Å². The zero-order valence-corrected chi connectivity index (χ0v) is 7.97. The zero-order chi connectivity index (χ0) is 9.97. The Labute approximate surface area is 82.1 Å². The summed E-state index contributed by atoms with van der Waals surface area (Å²) in [5.41, 5.74) is 0.0289. The van der Waals surface area contributed by atoms with E-state index in [9.17, 15) is 4.79 Å². The molecule has 1 aromatic carbocycles. The molecule has 2 heteroatoms. The third-order valence-electron chi connectivity index (χ3n) is 2.15. The van der Waals surface area contributed by atoms with Crippen molar-refractivity contribution < 1.29 is 0 Å². The van der Waals surface area contributed by atoms with Crippen LogP contribution in [0.15, 0.2) is 47.4 Å². The Bertz CT molecular complexity index is 537. The minimum atomic E-state index is 0.0289. The first kappa shape index (κ1) is 8.75. The van der Waals surface area contributed by atoms with Crippen molar-refractivity contribution in [2.24, 2.45) is 0 Å². The largest absolute Gasteiger partial charge is 0.291 e. The Morgan fingerprint density at radius 3 is 2.79 bits per heavy atom. The van der Waals surface area contributed by atoms with Crippen molar-refractivity contribution in [1.29, 1.82) is 0 Å². The second-order valence-corrected chi connectivity index (χ2v) is 3.10. The summed E-state index contributed by atoms with van der Waals surface area (Å²) in [6.07, 6.45) is 5.38. The minimum absolute atomic E-state index is 0.0289. The summed E-state index contributed by atoms with van der Waals surface area (Å²) < 4.78 is 1.59. The normalized spacial score (nSPS) is 11.2. The summed E-state index contributed by atoms with van der Waals surface area (Å²) in [7, 11) is 0. The van der Waals surface area contributed by atoms with Crippen molar-refractivity contribution in [1.82, 2.24) is 4.57 Å². The molecule has 0 saturated heterocycles. The van der Waals surface area contributed by atoms with Crippen LogP contribution >= 0.6 is 0 Å². The van der Waals surface area contributed by atoms with Gasteiger partial charge in [-0.2, -0.15) is 0 Å². The maximum atomic E-state index is 11.8. The molecule has 14 heavy (non-hydrogen) atoms. The van der Waals surface area contributed by atoms with Crippen LogP contribution in [0, 0.1) is 0 Å². The standard InChI is InChI=1S/C12H11NO/c1-2-8-13-9-7-10-5-3-4-6-11(10)12(13)14/h2-9H,1H3/b8-2-. The molecule has 0 N–H and O–H groups in total. The molecule has 2 aromatic rings. The first-order chi connectivity index (χ1) is 6.83. The van der Waals surface area contributed by atoms with Gasteiger partial charge in [-0.1, -0.05) is 24.3 Å². The number of rotatable bonds is 1. The molecule has 0 aliphatic rings. The van der Waals surface area contributed by atoms with E-state index in [1.165, 1.54) is 0 Å². The van der Waals surface area contributed by atoms with Gasteiger partial charge in [0, 0.05) is 17.8 Å². The molecule has 70 valence electrons. The molecule has 0 radical (unpaired) electrons. The van der Waals surface area contributed by atoms with Crippen molar-refractivity contribution in [3.63, 3.8) is 0 Å². The van der Waals surface area contributed by atoms with E-state index in [1.54, 1.807) is 17.0 Å². The number of pyridine rings is 1. The molecule has 0 spiro atoms. The van der Waals surface area contributed by atoms with Gasteiger partial charge in [-0.15, -0.1) is 0 Å². The predicted molar refractivity (Wildman–Crippen MR) is 59.2 cm³/mol. The number of nitrogens with zero attached hydrogens (tertiary/aromatic N) is 1. The molecule has 0 fully saturated rings. The van der Waals surface area contributed by atoms with Gasteiger partial charge in [0.05, 0.1) is 0 Å². The molecule has 0 aliphatic heterocycles. The summed E-state index contributed by atoms with van der Waals surface area (Å²) in [5.74, 6) is 0. The lowest BCUT2D eigenvalue weighted by Gasteiger charge is -2.00. The van der Waals surface area contributed by atoms with Crippen LogP contribution in [0.3, 0.4) is 0 Å². The first-order valence-electron chi connectivity index (χ1n) is 4.55. The molecule has 0 amide bonds. The molecule has 0 atom stereocenters. The fraction of sp³-hybridized carbons (Fsp3) is 0.0833. The van der Waals surface area contributed by atoms with Gasteiger partial charge in [-0.25, -0.2) is 0 Å². The molecule has 0 unspecified atom stereocenters. The molecular formula is C12H11NO. The Kier molecular flexibility index (Phi) is 2.19. The summed E-state index contributed by atoms with van der Waals surface area (Å²) in [5, 5.41) is 1.74. The predicted octanol–water partition coefficient (Wildman–Crippen LogP) is 2.49. The number of hydrogen-bond donors (Lipinski definition) is 0. The third kappa shape index (κ3) is 1.35.